The van der Waals surface area contributed by atoms with Crippen LogP contribution in [-0.2, 0) is 16.0 Å². The molecule has 0 aliphatic rings. The molecule has 4 nitrogen and oxygen atoms in total. The van der Waals surface area contributed by atoms with E-state index in [0.29, 0.717) is 25.3 Å². The number of amides is 2. The quantitative estimate of drug-likeness (QED) is 0.685. The first kappa shape index (κ1) is 20.7. The molecular formula is C23H30N2O2. The van der Waals surface area contributed by atoms with Crippen LogP contribution in [0.15, 0.2) is 54.6 Å². The highest BCUT2D eigenvalue weighted by atomic mass is 16.2. The van der Waals surface area contributed by atoms with Crippen LogP contribution in [0.25, 0.3) is 0 Å². The summed E-state index contributed by atoms with van der Waals surface area (Å²) in [7, 11) is 0. The number of carbonyl (C=O) groups is 2. The maximum atomic E-state index is 12.2. The van der Waals surface area contributed by atoms with Crippen LogP contribution in [0.1, 0.15) is 50.7 Å². The van der Waals surface area contributed by atoms with Crippen LogP contribution in [-0.4, -0.2) is 18.4 Å². The summed E-state index contributed by atoms with van der Waals surface area (Å²) < 4.78 is 0. The van der Waals surface area contributed by atoms with E-state index in [1.165, 1.54) is 11.1 Å². The molecule has 0 spiro atoms. The second kappa shape index (κ2) is 10.5. The molecule has 2 amide bonds. The summed E-state index contributed by atoms with van der Waals surface area (Å²) in [6, 6.07) is 18.0. The van der Waals surface area contributed by atoms with Crippen LogP contribution >= 0.6 is 0 Å². The number of nitrogens with one attached hydrogen (secondary N) is 2. The largest absolute Gasteiger partial charge is 0.356 e. The van der Waals surface area contributed by atoms with Crippen molar-refractivity contribution in [2.24, 2.45) is 5.92 Å². The molecule has 2 aromatic rings. The van der Waals surface area contributed by atoms with Crippen LogP contribution in [0, 0.1) is 5.92 Å². The van der Waals surface area contributed by atoms with Gasteiger partial charge >= 0.3 is 0 Å². The van der Waals surface area contributed by atoms with E-state index in [1.807, 2.05) is 61.5 Å². The summed E-state index contributed by atoms with van der Waals surface area (Å²) in [5.41, 5.74) is 3.24. The third-order valence-corrected chi connectivity index (χ3v) is 4.51. The molecule has 0 radical (unpaired) electrons. The summed E-state index contributed by atoms with van der Waals surface area (Å²) in [4.78, 5) is 24.2. The lowest BCUT2D eigenvalue weighted by Crippen LogP contribution is -2.28. The van der Waals surface area contributed by atoms with Crippen molar-refractivity contribution in [3.05, 3.63) is 65.7 Å². The van der Waals surface area contributed by atoms with Crippen LogP contribution in [0.2, 0.25) is 0 Å². The lowest BCUT2D eigenvalue weighted by Gasteiger charge is -2.13. The van der Waals surface area contributed by atoms with E-state index in [-0.39, 0.29) is 17.7 Å². The van der Waals surface area contributed by atoms with Crippen molar-refractivity contribution in [3.8, 4) is 0 Å². The molecule has 0 saturated carbocycles. The first-order valence-electron chi connectivity index (χ1n) is 9.64. The Kier molecular flexibility index (Phi) is 8.05. The lowest BCUT2D eigenvalue weighted by atomic mass is 10.0. The minimum absolute atomic E-state index is 0.00309. The van der Waals surface area contributed by atoms with Gasteiger partial charge in [0.15, 0.2) is 0 Å². The predicted octanol–water partition coefficient (Wildman–Crippen LogP) is 4.52. The molecule has 0 fully saturated rings. The SMILES string of the molecule is CC(C)c1ccc(NC(=O)C[C@H](C)CC(=O)NCCc2ccccc2)cc1. The molecule has 2 rings (SSSR count). The van der Waals surface area contributed by atoms with Crippen molar-refractivity contribution in [1.82, 2.24) is 5.32 Å². The Labute approximate surface area is 162 Å². The van der Waals surface area contributed by atoms with Gasteiger partial charge in [0.2, 0.25) is 11.8 Å². The molecule has 4 heteroatoms. The standard InChI is InChI=1S/C23H30N2O2/c1-17(2)20-9-11-21(12-10-20)25-23(27)16-18(3)15-22(26)24-14-13-19-7-5-4-6-8-19/h4-12,17-18H,13-16H2,1-3H3,(H,24,26)(H,25,27)/t18-/m1/s1. The van der Waals surface area contributed by atoms with Gasteiger partial charge in [0.25, 0.3) is 0 Å². The van der Waals surface area contributed by atoms with Crippen LogP contribution in [0.5, 0.6) is 0 Å². The summed E-state index contributed by atoms with van der Waals surface area (Å²) in [6.07, 6.45) is 1.50. The highest BCUT2D eigenvalue weighted by molar-refractivity contribution is 5.91. The molecule has 2 aromatic carbocycles. The molecule has 0 aliphatic heterocycles. The lowest BCUT2D eigenvalue weighted by molar-refractivity contribution is -0.122. The van der Waals surface area contributed by atoms with E-state index < -0.39 is 0 Å². The smallest absolute Gasteiger partial charge is 0.224 e. The predicted molar refractivity (Wildman–Crippen MR) is 111 cm³/mol. The molecule has 0 unspecified atom stereocenters. The highest BCUT2D eigenvalue weighted by Crippen LogP contribution is 2.18. The van der Waals surface area contributed by atoms with Crippen molar-refractivity contribution in [1.29, 1.82) is 0 Å². The zero-order valence-electron chi connectivity index (χ0n) is 16.5. The highest BCUT2D eigenvalue weighted by Gasteiger charge is 2.13. The maximum absolute atomic E-state index is 12.2. The van der Waals surface area contributed by atoms with Gasteiger partial charge in [-0.25, -0.2) is 0 Å². The Bertz CT molecular complexity index is 724. The number of hydrogen-bond acceptors (Lipinski definition) is 2. The van der Waals surface area contributed by atoms with Gasteiger partial charge in [0.05, 0.1) is 0 Å². The average molecular weight is 367 g/mol. The summed E-state index contributed by atoms with van der Waals surface area (Å²) in [5, 5.41) is 5.84. The second-order valence-corrected chi connectivity index (χ2v) is 7.42. The fourth-order valence-electron chi connectivity index (χ4n) is 2.93. The number of anilines is 1. The molecule has 1 atom stereocenters. The molecule has 0 aromatic heterocycles. The summed E-state index contributed by atoms with van der Waals surface area (Å²) in [5.74, 6) is 0.399. The van der Waals surface area contributed by atoms with Crippen LogP contribution in [0.4, 0.5) is 5.69 Å². The first-order valence-corrected chi connectivity index (χ1v) is 9.64. The zero-order chi connectivity index (χ0) is 19.6. The topological polar surface area (TPSA) is 58.2 Å². The van der Waals surface area contributed by atoms with E-state index in [1.54, 1.807) is 0 Å². The Morgan fingerprint density at radius 2 is 1.48 bits per heavy atom. The Balaban J connectivity index is 1.68. The third-order valence-electron chi connectivity index (χ3n) is 4.51. The van der Waals surface area contributed by atoms with E-state index in [2.05, 4.69) is 24.5 Å². The second-order valence-electron chi connectivity index (χ2n) is 7.42. The van der Waals surface area contributed by atoms with Gasteiger partial charge in [0.1, 0.15) is 0 Å². The van der Waals surface area contributed by atoms with E-state index in [9.17, 15) is 9.59 Å². The molecule has 0 aliphatic carbocycles. The fourth-order valence-corrected chi connectivity index (χ4v) is 2.93. The van der Waals surface area contributed by atoms with Crippen LogP contribution in [0.3, 0.4) is 0 Å². The number of hydrogen-bond donors (Lipinski definition) is 2. The number of carbonyl (C=O) groups excluding carboxylic acids is 2. The van der Waals surface area contributed by atoms with Crippen molar-refractivity contribution >= 4 is 17.5 Å². The molecule has 0 bridgehead atoms. The minimum atomic E-state index is -0.0584. The number of rotatable bonds is 9. The monoisotopic (exact) mass is 366 g/mol. The zero-order valence-corrected chi connectivity index (χ0v) is 16.5. The molecule has 144 valence electrons. The van der Waals surface area contributed by atoms with Crippen molar-refractivity contribution in [2.45, 2.75) is 46.0 Å². The van der Waals surface area contributed by atoms with E-state index in [4.69, 9.17) is 0 Å². The van der Waals surface area contributed by atoms with E-state index in [0.717, 1.165) is 12.1 Å². The Morgan fingerprint density at radius 1 is 0.852 bits per heavy atom. The molecular weight excluding hydrogens is 336 g/mol. The van der Waals surface area contributed by atoms with Crippen molar-refractivity contribution in [2.75, 3.05) is 11.9 Å². The first-order chi connectivity index (χ1) is 12.9. The summed E-state index contributed by atoms with van der Waals surface area (Å²) >= 11 is 0. The van der Waals surface area contributed by atoms with Crippen molar-refractivity contribution in [3.63, 3.8) is 0 Å². The Hall–Kier alpha value is -2.62. The van der Waals surface area contributed by atoms with Gasteiger partial charge in [-0.1, -0.05) is 63.2 Å². The van der Waals surface area contributed by atoms with Gasteiger partial charge in [-0.3, -0.25) is 9.59 Å². The van der Waals surface area contributed by atoms with Gasteiger partial charge in [0, 0.05) is 25.1 Å². The molecule has 2 N–H and O–H groups in total. The van der Waals surface area contributed by atoms with Gasteiger partial charge < -0.3 is 10.6 Å². The Morgan fingerprint density at radius 3 is 2.11 bits per heavy atom. The maximum Gasteiger partial charge on any atom is 0.224 e. The van der Waals surface area contributed by atoms with Gasteiger partial charge in [-0.15, -0.1) is 0 Å². The van der Waals surface area contributed by atoms with Crippen molar-refractivity contribution < 1.29 is 9.59 Å². The minimum Gasteiger partial charge on any atom is -0.356 e. The number of benzene rings is 2. The fraction of sp³-hybridized carbons (Fsp3) is 0.391. The molecule has 27 heavy (non-hydrogen) atoms. The van der Waals surface area contributed by atoms with Gasteiger partial charge in [-0.05, 0) is 41.5 Å². The molecule has 0 heterocycles. The third kappa shape index (κ3) is 7.65. The van der Waals surface area contributed by atoms with Gasteiger partial charge in [-0.2, -0.15) is 0 Å². The van der Waals surface area contributed by atoms with Crippen LogP contribution < -0.4 is 10.6 Å². The normalized spacial score (nSPS) is 11.9. The summed E-state index contributed by atoms with van der Waals surface area (Å²) in [6.45, 7) is 6.82. The molecule has 0 saturated heterocycles. The van der Waals surface area contributed by atoms with E-state index >= 15 is 0 Å². The average Bonchev–Trinajstić information content (AvgIpc) is 2.62.